The number of hydrogen-bond acceptors (Lipinski definition) is 7. The van der Waals surface area contributed by atoms with Crippen molar-refractivity contribution in [3.05, 3.63) is 77.1 Å². The first-order chi connectivity index (χ1) is 19.0. The maximum Gasteiger partial charge on any atom is 0.208 e. The maximum absolute atomic E-state index is 12.7. The van der Waals surface area contributed by atoms with Crippen molar-refractivity contribution >= 4 is 28.6 Å². The van der Waals surface area contributed by atoms with Gasteiger partial charge in [-0.3, -0.25) is 4.79 Å². The highest BCUT2D eigenvalue weighted by Gasteiger charge is 2.24. The van der Waals surface area contributed by atoms with Gasteiger partial charge in [0.2, 0.25) is 5.78 Å². The lowest BCUT2D eigenvalue weighted by Crippen LogP contribution is -2.21. The Morgan fingerprint density at radius 3 is 1.77 bits per heavy atom. The third kappa shape index (κ3) is 10.0. The second kappa shape index (κ2) is 16.5. The van der Waals surface area contributed by atoms with Crippen LogP contribution in [-0.2, 0) is 11.2 Å². The van der Waals surface area contributed by atoms with Crippen molar-refractivity contribution in [3.63, 3.8) is 0 Å². The molecule has 0 amide bonds. The lowest BCUT2D eigenvalue weighted by Gasteiger charge is -2.18. The van der Waals surface area contributed by atoms with Gasteiger partial charge in [-0.25, -0.2) is 4.99 Å². The number of hydrogen-bond donors (Lipinski definition) is 5. The molecule has 0 saturated heterocycles. The molecular weight excluding hydrogens is 490 g/mol. The van der Waals surface area contributed by atoms with E-state index in [-0.39, 0.29) is 24.8 Å². The van der Waals surface area contributed by atoms with Gasteiger partial charge in [0.1, 0.15) is 11.5 Å². The van der Waals surface area contributed by atoms with Crippen molar-refractivity contribution in [2.45, 2.75) is 64.7 Å². The molecule has 0 saturated carbocycles. The summed E-state index contributed by atoms with van der Waals surface area (Å²) >= 11 is 0. The number of unbranched alkanes of at least 4 members (excludes halogenated alkanes) is 6. The number of ketones is 1. The van der Waals surface area contributed by atoms with Crippen LogP contribution < -0.4 is 10.6 Å². The molecule has 0 fully saturated rings. The molecule has 0 bridgehead atoms. The normalized spacial score (nSPS) is 14.6. The molecule has 1 aliphatic rings. The molecule has 1 aliphatic carbocycles. The summed E-state index contributed by atoms with van der Waals surface area (Å²) in [5.74, 6) is -0.294. The number of allylic oxidation sites excluding steroid dienone is 3. The first-order valence-corrected chi connectivity index (χ1v) is 14.1. The Morgan fingerprint density at radius 1 is 0.718 bits per heavy atom. The molecular formula is C32H43N3O4. The van der Waals surface area contributed by atoms with E-state index in [4.69, 9.17) is 10.2 Å². The fraction of sp³-hybridized carbons (Fsp3) is 0.438. The SMILES string of the molecule is CC1=C(Cc2ccc(NCCCCCCO)cc2)C(O)=CC(=O)C1=Nc1ccc(NCCCCCCO)cc1. The Morgan fingerprint density at radius 2 is 1.23 bits per heavy atom. The van der Waals surface area contributed by atoms with Crippen molar-refractivity contribution < 1.29 is 20.1 Å². The van der Waals surface area contributed by atoms with E-state index in [0.717, 1.165) is 81.4 Å². The Bertz CT molecular complexity index is 1140. The Balaban J connectivity index is 1.59. The average Bonchev–Trinajstić information content (AvgIpc) is 2.94. The molecule has 0 heterocycles. The first-order valence-electron chi connectivity index (χ1n) is 14.1. The minimum absolute atomic E-state index is 0.0000623. The molecule has 2 aromatic rings. The monoisotopic (exact) mass is 533 g/mol. The molecule has 0 unspecified atom stereocenters. The number of nitrogens with zero attached hydrogens (tertiary/aromatic N) is 1. The van der Waals surface area contributed by atoms with Crippen molar-refractivity contribution in [1.29, 1.82) is 0 Å². The van der Waals surface area contributed by atoms with Gasteiger partial charge in [0.05, 0.1) is 5.69 Å². The van der Waals surface area contributed by atoms with E-state index in [9.17, 15) is 9.90 Å². The summed E-state index contributed by atoms with van der Waals surface area (Å²) in [6, 6.07) is 15.8. The standard InChI is InChI=1S/C32H43N3O4/c1-24-29(22-25-10-12-26(13-11-25)33-18-6-2-4-8-20-36)30(38)23-31(39)32(24)35-28-16-14-27(15-17-28)34-19-7-3-5-9-21-37/h10-17,23,33-34,36-38H,2-9,18-22H2,1H3. The van der Waals surface area contributed by atoms with Gasteiger partial charge in [-0.15, -0.1) is 0 Å². The molecule has 39 heavy (non-hydrogen) atoms. The quantitative estimate of drug-likeness (QED) is 0.121. The fourth-order valence-electron chi connectivity index (χ4n) is 4.54. The summed E-state index contributed by atoms with van der Waals surface area (Å²) < 4.78 is 0. The van der Waals surface area contributed by atoms with Crippen LogP contribution >= 0.6 is 0 Å². The van der Waals surface area contributed by atoms with E-state index >= 15 is 0 Å². The third-order valence-corrected chi connectivity index (χ3v) is 6.89. The molecule has 0 aliphatic heterocycles. The zero-order valence-corrected chi connectivity index (χ0v) is 23.1. The van der Waals surface area contributed by atoms with Gasteiger partial charge in [0, 0.05) is 55.7 Å². The molecule has 3 rings (SSSR count). The van der Waals surface area contributed by atoms with Crippen molar-refractivity contribution in [2.24, 2.45) is 4.99 Å². The maximum atomic E-state index is 12.7. The lowest BCUT2D eigenvalue weighted by molar-refractivity contribution is -0.109. The van der Waals surface area contributed by atoms with Gasteiger partial charge in [-0.2, -0.15) is 0 Å². The number of aliphatic hydroxyl groups is 3. The second-order valence-electron chi connectivity index (χ2n) is 10.0. The number of carbonyl (C=O) groups excluding carboxylic acids is 1. The predicted octanol–water partition coefficient (Wildman–Crippen LogP) is 6.27. The summed E-state index contributed by atoms with van der Waals surface area (Å²) in [6.45, 7) is 4.12. The van der Waals surface area contributed by atoms with Crippen LogP contribution in [0.15, 0.2) is 76.5 Å². The van der Waals surface area contributed by atoms with Gasteiger partial charge >= 0.3 is 0 Å². The highest BCUT2D eigenvalue weighted by molar-refractivity contribution is 6.51. The molecule has 210 valence electrons. The number of aliphatic imine (C=N–C) groups is 1. The van der Waals surface area contributed by atoms with Gasteiger partial charge < -0.3 is 26.0 Å². The molecule has 7 heteroatoms. The summed E-state index contributed by atoms with van der Waals surface area (Å²) in [7, 11) is 0. The van der Waals surface area contributed by atoms with Crippen LogP contribution in [0.5, 0.6) is 0 Å². The van der Waals surface area contributed by atoms with Gasteiger partial charge in [0.15, 0.2) is 0 Å². The highest BCUT2D eigenvalue weighted by Crippen LogP contribution is 2.27. The van der Waals surface area contributed by atoms with Crippen LogP contribution in [0.3, 0.4) is 0 Å². The van der Waals surface area contributed by atoms with Crippen LogP contribution in [0, 0.1) is 0 Å². The Labute approximate surface area is 232 Å². The average molecular weight is 534 g/mol. The summed E-state index contributed by atoms with van der Waals surface area (Å²) in [5.41, 5.74) is 5.53. The number of nitrogens with one attached hydrogen (secondary N) is 2. The van der Waals surface area contributed by atoms with Crippen molar-refractivity contribution in [3.8, 4) is 0 Å². The first kappa shape index (κ1) is 30.1. The minimum atomic E-state index is -0.294. The van der Waals surface area contributed by atoms with Crippen molar-refractivity contribution in [1.82, 2.24) is 0 Å². The number of rotatable bonds is 17. The third-order valence-electron chi connectivity index (χ3n) is 6.89. The highest BCUT2D eigenvalue weighted by atomic mass is 16.3. The molecule has 0 atom stereocenters. The van der Waals surface area contributed by atoms with Crippen LogP contribution in [0.2, 0.25) is 0 Å². The number of benzene rings is 2. The minimum Gasteiger partial charge on any atom is -0.508 e. The number of aliphatic hydroxyl groups excluding tert-OH is 3. The second-order valence-corrected chi connectivity index (χ2v) is 10.0. The summed E-state index contributed by atoms with van der Waals surface area (Å²) in [5, 5.41) is 35.1. The largest absolute Gasteiger partial charge is 0.508 e. The molecule has 7 nitrogen and oxygen atoms in total. The van der Waals surface area contributed by atoms with Gasteiger partial charge in [-0.05, 0) is 80.1 Å². The van der Waals surface area contributed by atoms with Crippen LogP contribution in [0.4, 0.5) is 17.1 Å². The Hall–Kier alpha value is -3.42. The van der Waals surface area contributed by atoms with E-state index in [1.54, 1.807) is 0 Å². The fourth-order valence-corrected chi connectivity index (χ4v) is 4.54. The summed E-state index contributed by atoms with van der Waals surface area (Å²) in [6.07, 6.45) is 9.87. The van der Waals surface area contributed by atoms with Gasteiger partial charge in [-0.1, -0.05) is 37.8 Å². The van der Waals surface area contributed by atoms with E-state index in [1.807, 2.05) is 55.5 Å². The molecule has 0 radical (unpaired) electrons. The zero-order chi connectivity index (χ0) is 27.9. The van der Waals surface area contributed by atoms with E-state index in [1.165, 1.54) is 6.08 Å². The topological polar surface area (TPSA) is 114 Å². The molecule has 2 aromatic carbocycles. The van der Waals surface area contributed by atoms with Crippen LogP contribution in [0.1, 0.15) is 63.9 Å². The zero-order valence-electron chi connectivity index (χ0n) is 23.1. The van der Waals surface area contributed by atoms with Crippen LogP contribution in [0.25, 0.3) is 0 Å². The molecule has 5 N–H and O–H groups in total. The predicted molar refractivity (Wildman–Crippen MR) is 160 cm³/mol. The van der Waals surface area contributed by atoms with E-state index in [2.05, 4.69) is 15.6 Å². The Kier molecular flexibility index (Phi) is 12.8. The molecule has 0 aromatic heterocycles. The van der Waals surface area contributed by atoms with Gasteiger partial charge in [0.25, 0.3) is 0 Å². The van der Waals surface area contributed by atoms with Crippen LogP contribution in [-0.4, -0.2) is 53.1 Å². The molecule has 0 spiro atoms. The summed E-state index contributed by atoms with van der Waals surface area (Å²) in [4.78, 5) is 17.3. The van der Waals surface area contributed by atoms with Crippen molar-refractivity contribution in [2.75, 3.05) is 36.9 Å². The number of carbonyl (C=O) groups is 1. The number of anilines is 2. The lowest BCUT2D eigenvalue weighted by atomic mass is 9.90. The van der Waals surface area contributed by atoms with E-state index in [0.29, 0.717) is 29.0 Å². The van der Waals surface area contributed by atoms with E-state index < -0.39 is 0 Å². The smallest absolute Gasteiger partial charge is 0.208 e.